The van der Waals surface area contributed by atoms with E-state index in [2.05, 4.69) is 15.5 Å². The van der Waals surface area contributed by atoms with Crippen molar-refractivity contribution in [1.29, 1.82) is 0 Å². The van der Waals surface area contributed by atoms with Gasteiger partial charge >= 0.3 is 0 Å². The molecule has 8 nitrogen and oxygen atoms in total. The molecule has 2 aliphatic rings. The Bertz CT molecular complexity index is 1100. The molecule has 1 saturated heterocycles. The average Bonchev–Trinajstić information content (AvgIpc) is 3.18. The monoisotopic (exact) mass is 544 g/mol. The van der Waals surface area contributed by atoms with E-state index < -0.39 is 11.6 Å². The number of fused-ring (bicyclic) bond motifs is 2. The SMILES string of the molecule is CN(C)CCNc1ccc(NCCN2CCC(Cl)C2)c2c1C(=O)c1c(O)ccc(O)c1C2=O.Cl.Cl. The number of carbonyl (C=O) groups excluding carboxylic acids is 2. The molecule has 1 fully saturated rings. The van der Waals surface area contributed by atoms with Gasteiger partial charge in [0, 0.05) is 49.5 Å². The lowest BCUT2D eigenvalue weighted by molar-refractivity contribution is 0.0975. The van der Waals surface area contributed by atoms with Gasteiger partial charge in [0.05, 0.1) is 22.3 Å². The van der Waals surface area contributed by atoms with Crippen molar-refractivity contribution in [2.45, 2.75) is 11.8 Å². The zero-order valence-corrected chi connectivity index (χ0v) is 22.0. The molecule has 0 bridgehead atoms. The number of ketones is 2. The van der Waals surface area contributed by atoms with E-state index in [9.17, 15) is 19.8 Å². The van der Waals surface area contributed by atoms with Gasteiger partial charge in [-0.1, -0.05) is 0 Å². The molecule has 0 aromatic heterocycles. The molecule has 0 saturated carbocycles. The smallest absolute Gasteiger partial charge is 0.200 e. The van der Waals surface area contributed by atoms with E-state index in [1.807, 2.05) is 19.0 Å². The highest BCUT2D eigenvalue weighted by atomic mass is 35.5. The van der Waals surface area contributed by atoms with E-state index in [0.717, 1.165) is 32.6 Å². The molecule has 1 aliphatic carbocycles. The van der Waals surface area contributed by atoms with Crippen LogP contribution < -0.4 is 10.6 Å². The van der Waals surface area contributed by atoms with Crippen molar-refractivity contribution in [2.24, 2.45) is 0 Å². The minimum Gasteiger partial charge on any atom is -0.507 e. The van der Waals surface area contributed by atoms with Crippen LogP contribution in [0.4, 0.5) is 11.4 Å². The predicted molar refractivity (Wildman–Crippen MR) is 144 cm³/mol. The summed E-state index contributed by atoms with van der Waals surface area (Å²) in [6, 6.07) is 6.01. The Kier molecular flexibility index (Phi) is 10.1. The van der Waals surface area contributed by atoms with Crippen molar-refractivity contribution in [3.8, 4) is 11.5 Å². The van der Waals surface area contributed by atoms with Crippen LogP contribution in [0.5, 0.6) is 11.5 Å². The number of phenolic OH excluding ortho intramolecular Hbond substituents is 2. The number of carbonyl (C=O) groups is 2. The molecule has 4 rings (SSSR count). The maximum absolute atomic E-state index is 13.5. The van der Waals surface area contributed by atoms with Gasteiger partial charge in [-0.05, 0) is 51.3 Å². The van der Waals surface area contributed by atoms with Crippen LogP contribution >= 0.6 is 36.4 Å². The molecule has 192 valence electrons. The van der Waals surface area contributed by atoms with E-state index in [4.69, 9.17) is 11.6 Å². The lowest BCUT2D eigenvalue weighted by Gasteiger charge is -2.25. The first-order chi connectivity index (χ1) is 15.8. The first kappa shape index (κ1) is 29.0. The van der Waals surface area contributed by atoms with E-state index in [-0.39, 0.29) is 63.9 Å². The zero-order valence-electron chi connectivity index (χ0n) is 19.6. The molecular formula is C24H31Cl3N4O4. The van der Waals surface area contributed by atoms with Crippen LogP contribution in [-0.2, 0) is 0 Å². The number of anilines is 2. The summed E-state index contributed by atoms with van der Waals surface area (Å²) < 4.78 is 0. The maximum atomic E-state index is 13.5. The Morgan fingerprint density at radius 2 is 1.43 bits per heavy atom. The Labute approximate surface area is 222 Å². The van der Waals surface area contributed by atoms with Crippen molar-refractivity contribution in [1.82, 2.24) is 9.80 Å². The van der Waals surface area contributed by atoms with Crippen molar-refractivity contribution < 1.29 is 19.8 Å². The first-order valence-electron chi connectivity index (χ1n) is 11.1. The average molecular weight is 546 g/mol. The van der Waals surface area contributed by atoms with Gasteiger partial charge in [-0.2, -0.15) is 0 Å². The minimum absolute atomic E-state index is 0. The lowest BCUT2D eigenvalue weighted by atomic mass is 9.81. The van der Waals surface area contributed by atoms with Crippen LogP contribution in [-0.4, -0.2) is 90.3 Å². The standard InChI is InChI=1S/C24H29ClN4O4.2ClH/c1-28(2)11-8-26-15-3-4-16(27-9-12-29-10-7-14(25)13-29)20-19(15)23(32)21-17(30)5-6-18(31)22(21)24(20)33;;/h3-6,14,26-27,30-31H,7-13H2,1-2H3;2*1H. The molecule has 0 spiro atoms. The third-order valence-electron chi connectivity index (χ3n) is 6.11. The van der Waals surface area contributed by atoms with Crippen LogP contribution in [0.2, 0.25) is 0 Å². The number of aromatic hydroxyl groups is 2. The van der Waals surface area contributed by atoms with Crippen molar-refractivity contribution in [3.63, 3.8) is 0 Å². The number of rotatable bonds is 8. The highest BCUT2D eigenvalue weighted by molar-refractivity contribution is 6.33. The van der Waals surface area contributed by atoms with Crippen LogP contribution in [0, 0.1) is 0 Å². The fourth-order valence-corrected chi connectivity index (χ4v) is 4.70. The summed E-state index contributed by atoms with van der Waals surface area (Å²) in [7, 11) is 3.89. The molecule has 2 aromatic carbocycles. The molecule has 4 N–H and O–H groups in total. The summed E-state index contributed by atoms with van der Waals surface area (Å²) in [5, 5.41) is 27.4. The molecule has 2 aromatic rings. The highest BCUT2D eigenvalue weighted by Crippen LogP contribution is 2.42. The summed E-state index contributed by atoms with van der Waals surface area (Å²) in [6.45, 7) is 4.39. The Morgan fingerprint density at radius 1 is 0.914 bits per heavy atom. The Balaban J connectivity index is 0.00000216. The fourth-order valence-electron chi connectivity index (χ4n) is 4.41. The number of phenols is 2. The molecule has 1 unspecified atom stereocenters. The number of nitrogens with zero attached hydrogens (tertiary/aromatic N) is 2. The summed E-state index contributed by atoms with van der Waals surface area (Å²) >= 11 is 6.19. The number of hydrogen-bond acceptors (Lipinski definition) is 8. The fraction of sp³-hybridized carbons (Fsp3) is 0.417. The third-order valence-corrected chi connectivity index (χ3v) is 6.46. The molecule has 1 heterocycles. The number of benzene rings is 2. The number of alkyl halides is 1. The molecule has 35 heavy (non-hydrogen) atoms. The molecule has 11 heteroatoms. The summed E-state index contributed by atoms with van der Waals surface area (Å²) in [5.74, 6) is -1.63. The van der Waals surface area contributed by atoms with Gasteiger partial charge < -0.3 is 30.6 Å². The largest absolute Gasteiger partial charge is 0.507 e. The van der Waals surface area contributed by atoms with Crippen molar-refractivity contribution >= 4 is 59.4 Å². The van der Waals surface area contributed by atoms with Gasteiger partial charge in [0.25, 0.3) is 0 Å². The third kappa shape index (κ3) is 5.95. The summed E-state index contributed by atoms with van der Waals surface area (Å²) in [5.41, 5.74) is 1.14. The number of likely N-dealkylation sites (N-methyl/N-ethyl adjacent to an activating group) is 1. The number of likely N-dealkylation sites (tertiary alicyclic amines) is 1. The second kappa shape index (κ2) is 12.1. The van der Waals surface area contributed by atoms with Gasteiger partial charge in [0.15, 0.2) is 0 Å². The number of nitrogens with one attached hydrogen (secondary N) is 2. The van der Waals surface area contributed by atoms with Crippen molar-refractivity contribution in [2.75, 3.05) is 64.0 Å². The van der Waals surface area contributed by atoms with Crippen LogP contribution in [0.25, 0.3) is 0 Å². The normalized spacial score (nSPS) is 16.9. The van der Waals surface area contributed by atoms with Gasteiger partial charge in [-0.15, -0.1) is 36.4 Å². The van der Waals surface area contributed by atoms with E-state index in [1.54, 1.807) is 12.1 Å². The first-order valence-corrected chi connectivity index (χ1v) is 11.5. The van der Waals surface area contributed by atoms with E-state index in [0.29, 0.717) is 24.5 Å². The molecule has 1 atom stereocenters. The quantitative estimate of drug-likeness (QED) is 0.252. The highest BCUT2D eigenvalue weighted by Gasteiger charge is 2.38. The van der Waals surface area contributed by atoms with Crippen LogP contribution in [0.3, 0.4) is 0 Å². The maximum Gasteiger partial charge on any atom is 0.200 e. The van der Waals surface area contributed by atoms with Gasteiger partial charge in [0.1, 0.15) is 11.5 Å². The molecule has 0 radical (unpaired) electrons. The van der Waals surface area contributed by atoms with E-state index >= 15 is 0 Å². The Morgan fingerprint density at radius 3 is 1.89 bits per heavy atom. The predicted octanol–water partition coefficient (Wildman–Crippen LogP) is 3.42. The molecule has 1 aliphatic heterocycles. The molecular weight excluding hydrogens is 515 g/mol. The summed E-state index contributed by atoms with van der Waals surface area (Å²) in [4.78, 5) is 31.3. The zero-order chi connectivity index (χ0) is 23.7. The van der Waals surface area contributed by atoms with Crippen LogP contribution in [0.1, 0.15) is 38.3 Å². The second-order valence-electron chi connectivity index (χ2n) is 8.77. The minimum atomic E-state index is -0.492. The van der Waals surface area contributed by atoms with Crippen molar-refractivity contribution in [3.05, 3.63) is 46.5 Å². The number of halogens is 3. The Hall–Kier alpha value is -2.23. The summed E-state index contributed by atoms with van der Waals surface area (Å²) in [6.07, 6.45) is 0.955. The topological polar surface area (TPSA) is 105 Å². The van der Waals surface area contributed by atoms with Gasteiger partial charge in [-0.25, -0.2) is 0 Å². The van der Waals surface area contributed by atoms with Gasteiger partial charge in [-0.3, -0.25) is 9.59 Å². The lowest BCUT2D eigenvalue weighted by Crippen LogP contribution is -2.29. The van der Waals surface area contributed by atoms with E-state index in [1.165, 1.54) is 12.1 Å². The van der Waals surface area contributed by atoms with Crippen LogP contribution in [0.15, 0.2) is 24.3 Å². The van der Waals surface area contributed by atoms with Gasteiger partial charge in [0.2, 0.25) is 11.6 Å². The molecule has 0 amide bonds. The second-order valence-corrected chi connectivity index (χ2v) is 9.38. The number of hydrogen-bond donors (Lipinski definition) is 4.